The number of rotatable bonds is 8. The van der Waals surface area contributed by atoms with Crippen LogP contribution in [-0.2, 0) is 9.53 Å². The molecule has 1 rings (SSSR count). The Kier molecular flexibility index (Phi) is 6.27. The number of amides is 1. The number of hydrogen-bond donors (Lipinski definition) is 2. The maximum Gasteiger partial charge on any atom is 0.407 e. The summed E-state index contributed by atoms with van der Waals surface area (Å²) in [6.45, 7) is 9.69. The van der Waals surface area contributed by atoms with Gasteiger partial charge in [-0.15, -0.1) is 0 Å². The molecular weight excluding hydrogens is 282 g/mol. The van der Waals surface area contributed by atoms with Gasteiger partial charge in [-0.25, -0.2) is 4.79 Å². The van der Waals surface area contributed by atoms with Crippen molar-refractivity contribution >= 4 is 12.1 Å². The van der Waals surface area contributed by atoms with Crippen molar-refractivity contribution in [2.75, 3.05) is 6.54 Å². The van der Waals surface area contributed by atoms with Crippen LogP contribution >= 0.6 is 0 Å². The zero-order chi connectivity index (χ0) is 17.0. The summed E-state index contributed by atoms with van der Waals surface area (Å²) >= 11 is 0. The Morgan fingerprint density at radius 2 is 1.86 bits per heavy atom. The molecule has 1 amide bonds. The summed E-state index contributed by atoms with van der Waals surface area (Å²) in [4.78, 5) is 23.7. The minimum atomic E-state index is -0.873. The molecular formula is C17H31NO4. The van der Waals surface area contributed by atoms with Gasteiger partial charge in [-0.05, 0) is 51.9 Å². The minimum Gasteiger partial charge on any atom is -0.481 e. The quantitative estimate of drug-likeness (QED) is 0.714. The number of carboxylic acid groups (broad SMARTS) is 1. The van der Waals surface area contributed by atoms with E-state index in [0.717, 1.165) is 19.3 Å². The van der Waals surface area contributed by atoms with Crippen molar-refractivity contribution in [1.29, 1.82) is 0 Å². The molecule has 1 aliphatic rings. The highest BCUT2D eigenvalue weighted by atomic mass is 16.6. The van der Waals surface area contributed by atoms with Crippen LogP contribution in [0, 0.1) is 17.3 Å². The van der Waals surface area contributed by atoms with Gasteiger partial charge >= 0.3 is 12.1 Å². The second-order valence-corrected chi connectivity index (χ2v) is 8.02. The van der Waals surface area contributed by atoms with E-state index in [1.54, 1.807) is 20.8 Å². The summed E-state index contributed by atoms with van der Waals surface area (Å²) in [5.74, 6) is 0.124. The molecule has 1 aliphatic carbocycles. The molecule has 0 heterocycles. The fraction of sp³-hybridized carbons (Fsp3) is 0.882. The van der Waals surface area contributed by atoms with Crippen LogP contribution in [0.3, 0.4) is 0 Å². The van der Waals surface area contributed by atoms with Crippen LogP contribution in [0.2, 0.25) is 0 Å². The number of aliphatic carboxylic acids is 1. The molecule has 0 aliphatic heterocycles. The molecule has 5 heteroatoms. The highest BCUT2D eigenvalue weighted by Gasteiger charge is 2.43. The predicted octanol–water partition coefficient (Wildman–Crippen LogP) is 3.82. The lowest BCUT2D eigenvalue weighted by Crippen LogP contribution is -2.45. The minimum absolute atomic E-state index is 0.139. The Balaban J connectivity index is 2.70. The first-order valence-corrected chi connectivity index (χ1v) is 8.24. The third-order valence-electron chi connectivity index (χ3n) is 4.00. The molecule has 1 fully saturated rings. The fourth-order valence-corrected chi connectivity index (χ4v) is 2.53. The highest BCUT2D eigenvalue weighted by Crippen LogP contribution is 2.43. The van der Waals surface area contributed by atoms with E-state index in [9.17, 15) is 14.7 Å². The lowest BCUT2D eigenvalue weighted by molar-refractivity contribution is -0.150. The van der Waals surface area contributed by atoms with Gasteiger partial charge in [0, 0.05) is 6.54 Å². The van der Waals surface area contributed by atoms with E-state index in [1.165, 1.54) is 0 Å². The van der Waals surface area contributed by atoms with E-state index in [1.807, 2.05) is 0 Å². The average molecular weight is 313 g/mol. The molecule has 1 saturated carbocycles. The molecule has 0 saturated heterocycles. The van der Waals surface area contributed by atoms with Crippen LogP contribution in [0.5, 0.6) is 0 Å². The number of alkyl carbamates (subject to hydrolysis) is 1. The number of nitrogens with one attached hydrogen (secondary N) is 1. The van der Waals surface area contributed by atoms with Crippen LogP contribution < -0.4 is 5.32 Å². The summed E-state index contributed by atoms with van der Waals surface area (Å²) in [5, 5.41) is 12.4. The summed E-state index contributed by atoms with van der Waals surface area (Å²) in [6, 6.07) is 0. The van der Waals surface area contributed by atoms with Gasteiger partial charge in [-0.3, -0.25) is 4.79 Å². The summed E-state index contributed by atoms with van der Waals surface area (Å²) in [5.41, 5.74) is -1.45. The first-order valence-electron chi connectivity index (χ1n) is 8.24. The number of carbonyl (C=O) groups excluding carboxylic acids is 1. The topological polar surface area (TPSA) is 75.6 Å². The van der Waals surface area contributed by atoms with Gasteiger partial charge in [0.05, 0.1) is 5.41 Å². The molecule has 2 N–H and O–H groups in total. The highest BCUT2D eigenvalue weighted by molar-refractivity contribution is 5.76. The standard InChI is InChI=1S/C17H31NO4/c1-12(2)8-9-17(14(19)20,10-13-6-7-13)11-18-15(21)22-16(3,4)5/h12-13H,6-11H2,1-5H3,(H,18,21)(H,19,20). The number of hydrogen-bond acceptors (Lipinski definition) is 3. The molecule has 22 heavy (non-hydrogen) atoms. The van der Waals surface area contributed by atoms with Gasteiger partial charge in [-0.1, -0.05) is 26.7 Å². The van der Waals surface area contributed by atoms with Crippen LogP contribution in [0.1, 0.15) is 66.7 Å². The van der Waals surface area contributed by atoms with E-state index in [0.29, 0.717) is 24.7 Å². The van der Waals surface area contributed by atoms with E-state index < -0.39 is 23.1 Å². The van der Waals surface area contributed by atoms with Crippen molar-refractivity contribution < 1.29 is 19.4 Å². The molecule has 0 spiro atoms. The first-order chi connectivity index (χ1) is 10.0. The van der Waals surface area contributed by atoms with Crippen molar-refractivity contribution in [2.24, 2.45) is 17.3 Å². The van der Waals surface area contributed by atoms with Gasteiger partial charge in [0.2, 0.25) is 0 Å². The Morgan fingerprint density at radius 1 is 1.27 bits per heavy atom. The normalized spacial score (nSPS) is 17.9. The second kappa shape index (κ2) is 7.34. The van der Waals surface area contributed by atoms with Crippen molar-refractivity contribution in [3.05, 3.63) is 0 Å². The first kappa shape index (κ1) is 18.8. The largest absolute Gasteiger partial charge is 0.481 e. The molecule has 5 nitrogen and oxygen atoms in total. The summed E-state index contributed by atoms with van der Waals surface area (Å²) < 4.78 is 5.22. The van der Waals surface area contributed by atoms with Crippen LogP contribution in [-0.4, -0.2) is 29.3 Å². The number of carboxylic acids is 1. The summed E-state index contributed by atoms with van der Waals surface area (Å²) in [6.07, 6.45) is 3.73. The number of carbonyl (C=O) groups is 2. The Hall–Kier alpha value is -1.26. The van der Waals surface area contributed by atoms with Crippen molar-refractivity contribution in [2.45, 2.75) is 72.3 Å². The molecule has 0 radical (unpaired) electrons. The molecule has 1 atom stereocenters. The second-order valence-electron chi connectivity index (χ2n) is 8.02. The SMILES string of the molecule is CC(C)CCC(CNC(=O)OC(C)(C)C)(CC1CC1)C(=O)O. The molecule has 0 aromatic carbocycles. The van der Waals surface area contributed by atoms with E-state index in [-0.39, 0.29) is 6.54 Å². The van der Waals surface area contributed by atoms with Gasteiger partial charge in [0.25, 0.3) is 0 Å². The Morgan fingerprint density at radius 3 is 2.27 bits per heavy atom. The third-order valence-corrected chi connectivity index (χ3v) is 4.00. The van der Waals surface area contributed by atoms with E-state index >= 15 is 0 Å². The van der Waals surface area contributed by atoms with Gasteiger partial charge < -0.3 is 15.2 Å². The Bertz CT molecular complexity index is 396. The molecule has 0 aromatic rings. The van der Waals surface area contributed by atoms with Gasteiger partial charge in [-0.2, -0.15) is 0 Å². The summed E-state index contributed by atoms with van der Waals surface area (Å²) in [7, 11) is 0. The average Bonchev–Trinajstić information content (AvgIpc) is 3.14. The predicted molar refractivity (Wildman–Crippen MR) is 85.7 cm³/mol. The van der Waals surface area contributed by atoms with Crippen LogP contribution in [0.25, 0.3) is 0 Å². The van der Waals surface area contributed by atoms with Crippen molar-refractivity contribution in [3.8, 4) is 0 Å². The fourth-order valence-electron chi connectivity index (χ4n) is 2.53. The molecule has 128 valence electrons. The Labute approximate surface area is 133 Å². The van der Waals surface area contributed by atoms with E-state index in [4.69, 9.17) is 4.74 Å². The molecule has 0 aromatic heterocycles. The zero-order valence-electron chi connectivity index (χ0n) is 14.6. The molecule has 1 unspecified atom stereocenters. The van der Waals surface area contributed by atoms with Crippen molar-refractivity contribution in [3.63, 3.8) is 0 Å². The van der Waals surface area contributed by atoms with E-state index in [2.05, 4.69) is 19.2 Å². The number of ether oxygens (including phenoxy) is 1. The van der Waals surface area contributed by atoms with Crippen molar-refractivity contribution in [1.82, 2.24) is 5.32 Å². The zero-order valence-corrected chi connectivity index (χ0v) is 14.6. The molecule has 0 bridgehead atoms. The van der Waals surface area contributed by atoms with Crippen LogP contribution in [0.4, 0.5) is 4.79 Å². The smallest absolute Gasteiger partial charge is 0.407 e. The lowest BCUT2D eigenvalue weighted by Gasteiger charge is -2.31. The maximum absolute atomic E-state index is 11.9. The van der Waals surface area contributed by atoms with Gasteiger partial charge in [0.15, 0.2) is 0 Å². The lowest BCUT2D eigenvalue weighted by atomic mass is 9.77. The maximum atomic E-state index is 11.9. The van der Waals surface area contributed by atoms with Gasteiger partial charge in [0.1, 0.15) is 5.60 Å². The monoisotopic (exact) mass is 313 g/mol. The third kappa shape index (κ3) is 6.67. The van der Waals surface area contributed by atoms with Crippen LogP contribution in [0.15, 0.2) is 0 Å².